The number of aliphatic hydroxyl groups is 4. The number of hydrogen-bond donors (Lipinski definition) is 6. The van der Waals surface area contributed by atoms with Crippen LogP contribution < -0.4 is 16.0 Å². The van der Waals surface area contributed by atoms with Crippen LogP contribution in [-0.2, 0) is 4.74 Å². The fourth-order valence-electron chi connectivity index (χ4n) is 3.33. The second-order valence-corrected chi connectivity index (χ2v) is 8.11. The van der Waals surface area contributed by atoms with E-state index in [0.29, 0.717) is 21.5 Å². The van der Waals surface area contributed by atoms with Crippen LogP contribution in [0.15, 0.2) is 33.9 Å². The van der Waals surface area contributed by atoms with E-state index in [4.69, 9.17) is 9.47 Å². The molecule has 0 aliphatic carbocycles. The summed E-state index contributed by atoms with van der Waals surface area (Å²) in [5.41, 5.74) is 0.892. The fourth-order valence-corrected chi connectivity index (χ4v) is 4.34. The Morgan fingerprint density at radius 3 is 2.57 bits per heavy atom. The summed E-state index contributed by atoms with van der Waals surface area (Å²) in [6, 6.07) is 6.90. The van der Waals surface area contributed by atoms with Gasteiger partial charge in [-0.2, -0.15) is 0 Å². The first-order valence-electron chi connectivity index (χ1n) is 9.13. The Morgan fingerprint density at radius 2 is 1.87 bits per heavy atom. The fraction of sp³-hybridized carbons (Fsp3) is 0.368. The van der Waals surface area contributed by atoms with Crippen molar-refractivity contribution in [2.24, 2.45) is 0 Å². The van der Waals surface area contributed by atoms with E-state index >= 15 is 0 Å². The lowest BCUT2D eigenvalue weighted by molar-refractivity contribution is -0.277. The number of aromatic nitrogens is 2. The van der Waals surface area contributed by atoms with Gasteiger partial charge in [-0.1, -0.05) is 0 Å². The molecular formula is C19H20N2O8S. The van der Waals surface area contributed by atoms with Gasteiger partial charge in [0, 0.05) is 4.88 Å². The van der Waals surface area contributed by atoms with E-state index in [9.17, 15) is 30.0 Å². The van der Waals surface area contributed by atoms with Crippen molar-refractivity contribution in [3.8, 4) is 16.2 Å². The van der Waals surface area contributed by atoms with Gasteiger partial charge in [0.05, 0.1) is 12.1 Å². The molecule has 3 aromatic rings. The molecule has 10 nitrogen and oxygen atoms in total. The Balaban J connectivity index is 1.60. The van der Waals surface area contributed by atoms with Gasteiger partial charge in [0.1, 0.15) is 34.9 Å². The first-order valence-corrected chi connectivity index (χ1v) is 9.94. The molecular weight excluding hydrogens is 416 g/mol. The normalized spacial score (nSPS) is 26.8. The van der Waals surface area contributed by atoms with Crippen molar-refractivity contribution in [1.82, 2.24) is 9.97 Å². The second-order valence-electron chi connectivity index (χ2n) is 7.06. The van der Waals surface area contributed by atoms with Crippen LogP contribution in [0.25, 0.3) is 20.7 Å². The number of rotatable bonds is 4. The molecule has 0 radical (unpaired) electrons. The van der Waals surface area contributed by atoms with Gasteiger partial charge in [-0.3, -0.25) is 9.78 Å². The van der Waals surface area contributed by atoms with E-state index in [2.05, 4.69) is 9.97 Å². The molecule has 5 atom stereocenters. The van der Waals surface area contributed by atoms with Gasteiger partial charge in [-0.05, 0) is 42.3 Å². The third-order valence-electron chi connectivity index (χ3n) is 4.96. The molecule has 1 fully saturated rings. The van der Waals surface area contributed by atoms with Crippen LogP contribution in [0, 0.1) is 6.92 Å². The molecule has 0 spiro atoms. The van der Waals surface area contributed by atoms with E-state index < -0.39 is 48.6 Å². The maximum atomic E-state index is 11.9. The number of ether oxygens (including phenoxy) is 2. The van der Waals surface area contributed by atoms with E-state index in [1.165, 1.54) is 11.3 Å². The van der Waals surface area contributed by atoms with Gasteiger partial charge in [0.2, 0.25) is 6.29 Å². The minimum atomic E-state index is -1.53. The number of hydrogen-bond acceptors (Lipinski definition) is 9. The first-order chi connectivity index (χ1) is 14.3. The molecule has 0 amide bonds. The average Bonchev–Trinajstić information content (AvgIpc) is 3.14. The van der Waals surface area contributed by atoms with Crippen LogP contribution in [0.1, 0.15) is 5.56 Å². The van der Waals surface area contributed by atoms with Crippen molar-refractivity contribution in [2.75, 3.05) is 6.61 Å². The molecule has 0 unspecified atom stereocenters. The van der Waals surface area contributed by atoms with Crippen LogP contribution in [0.5, 0.6) is 5.75 Å². The van der Waals surface area contributed by atoms with Crippen molar-refractivity contribution < 1.29 is 29.9 Å². The number of fused-ring (bicyclic) bond motifs is 1. The summed E-state index contributed by atoms with van der Waals surface area (Å²) in [5.74, 6) is 0.371. The maximum absolute atomic E-state index is 11.9. The highest BCUT2D eigenvalue weighted by Crippen LogP contribution is 2.34. The molecule has 2 aromatic heterocycles. The summed E-state index contributed by atoms with van der Waals surface area (Å²) in [6.45, 7) is 1.22. The average molecular weight is 436 g/mol. The molecule has 3 heterocycles. The third kappa shape index (κ3) is 3.67. The Labute approximate surface area is 173 Å². The van der Waals surface area contributed by atoms with Gasteiger partial charge in [0.25, 0.3) is 5.56 Å². The van der Waals surface area contributed by atoms with Gasteiger partial charge in [-0.15, -0.1) is 11.3 Å². The number of nitrogens with one attached hydrogen (secondary N) is 2. The third-order valence-corrected chi connectivity index (χ3v) is 6.15. The Kier molecular flexibility index (Phi) is 5.49. The molecule has 1 saturated heterocycles. The van der Waals surface area contributed by atoms with Crippen LogP contribution in [0.2, 0.25) is 0 Å². The molecule has 30 heavy (non-hydrogen) atoms. The predicted molar refractivity (Wildman–Crippen MR) is 108 cm³/mol. The van der Waals surface area contributed by atoms with Crippen molar-refractivity contribution in [1.29, 1.82) is 0 Å². The lowest BCUT2D eigenvalue weighted by atomic mass is 9.99. The summed E-state index contributed by atoms with van der Waals surface area (Å²) < 4.78 is 11.5. The SMILES string of the molecule is Cc1cc(-c2cc3[nH]c(=O)[nH]c(=O)c3s2)ccc1O[C@@H]1O[C@@H](CO)[C@H](O)[C@@H](O)[C@H]1O. The summed E-state index contributed by atoms with van der Waals surface area (Å²) in [5, 5.41) is 39.2. The van der Waals surface area contributed by atoms with Gasteiger partial charge in [-0.25, -0.2) is 4.79 Å². The lowest BCUT2D eigenvalue weighted by Crippen LogP contribution is -2.60. The minimum Gasteiger partial charge on any atom is -0.462 e. The standard InChI is InChI=1S/C19H20N2O8S/c1-7-4-8(12-5-9-16(30-12)17(26)21-19(27)20-9)2-3-10(7)28-18-15(25)14(24)13(23)11(6-22)29-18/h2-5,11,13-15,18,22-25H,6H2,1H3,(H2,20,21,26,27)/t11-,13-,14+,15+,18+/m0/s1. The highest BCUT2D eigenvalue weighted by molar-refractivity contribution is 7.22. The first kappa shape index (κ1) is 20.7. The molecule has 11 heteroatoms. The maximum Gasteiger partial charge on any atom is 0.326 e. The smallest absolute Gasteiger partial charge is 0.326 e. The molecule has 1 aromatic carbocycles. The number of aromatic amines is 2. The molecule has 4 rings (SSSR count). The monoisotopic (exact) mass is 436 g/mol. The minimum absolute atomic E-state index is 0.371. The van der Waals surface area contributed by atoms with Gasteiger partial charge < -0.3 is 34.9 Å². The van der Waals surface area contributed by atoms with Gasteiger partial charge >= 0.3 is 5.69 Å². The number of thiophene rings is 1. The molecule has 0 bridgehead atoms. The van der Waals surface area contributed by atoms with E-state index in [1.807, 2.05) is 0 Å². The van der Waals surface area contributed by atoms with Crippen molar-refractivity contribution in [3.63, 3.8) is 0 Å². The summed E-state index contributed by atoms with van der Waals surface area (Å²) >= 11 is 1.23. The molecule has 0 saturated carbocycles. The zero-order valence-electron chi connectivity index (χ0n) is 15.7. The summed E-state index contributed by atoms with van der Waals surface area (Å²) in [7, 11) is 0. The number of benzene rings is 1. The van der Waals surface area contributed by atoms with E-state index in [-0.39, 0.29) is 0 Å². The van der Waals surface area contributed by atoms with Crippen LogP contribution >= 0.6 is 11.3 Å². The largest absolute Gasteiger partial charge is 0.462 e. The Morgan fingerprint density at radius 1 is 1.10 bits per heavy atom. The second kappa shape index (κ2) is 7.95. The summed E-state index contributed by atoms with van der Waals surface area (Å²) in [6.07, 6.45) is -6.84. The van der Waals surface area contributed by atoms with Gasteiger partial charge in [0.15, 0.2) is 0 Å². The van der Waals surface area contributed by atoms with Crippen LogP contribution in [-0.4, -0.2) is 67.7 Å². The van der Waals surface area contributed by atoms with Crippen LogP contribution in [0.3, 0.4) is 0 Å². The highest BCUT2D eigenvalue weighted by Gasteiger charge is 2.44. The molecule has 1 aliphatic heterocycles. The highest BCUT2D eigenvalue weighted by atomic mass is 32.1. The van der Waals surface area contributed by atoms with Crippen molar-refractivity contribution in [3.05, 3.63) is 50.7 Å². The van der Waals surface area contributed by atoms with E-state index in [0.717, 1.165) is 10.4 Å². The summed E-state index contributed by atoms with van der Waals surface area (Å²) in [4.78, 5) is 28.9. The lowest BCUT2D eigenvalue weighted by Gasteiger charge is -2.39. The Hall–Kier alpha value is -2.54. The molecule has 160 valence electrons. The van der Waals surface area contributed by atoms with Crippen molar-refractivity contribution >= 4 is 21.6 Å². The number of aryl methyl sites for hydroxylation is 1. The topological polar surface area (TPSA) is 165 Å². The zero-order chi connectivity index (χ0) is 21.6. The van der Waals surface area contributed by atoms with Crippen LogP contribution in [0.4, 0.5) is 0 Å². The predicted octanol–water partition coefficient (Wildman–Crippen LogP) is -0.568. The van der Waals surface area contributed by atoms with Crippen molar-refractivity contribution in [2.45, 2.75) is 37.6 Å². The Bertz CT molecular complexity index is 1180. The van der Waals surface area contributed by atoms with E-state index in [1.54, 1.807) is 31.2 Å². The molecule has 1 aliphatic rings. The number of H-pyrrole nitrogens is 2. The molecule has 6 N–H and O–H groups in total. The zero-order valence-corrected chi connectivity index (χ0v) is 16.5. The quantitative estimate of drug-likeness (QED) is 0.316. The number of aliphatic hydroxyl groups excluding tert-OH is 4.